The van der Waals surface area contributed by atoms with E-state index >= 15 is 0 Å². The van der Waals surface area contributed by atoms with Crippen molar-refractivity contribution in [1.82, 2.24) is 4.72 Å². The molecule has 0 spiro atoms. The van der Waals surface area contributed by atoms with E-state index in [1.54, 1.807) is 31.2 Å². The molecule has 0 heterocycles. The van der Waals surface area contributed by atoms with Gasteiger partial charge in [0, 0.05) is 6.54 Å². The molecule has 0 atom stereocenters. The molecule has 0 unspecified atom stereocenters. The Kier molecular flexibility index (Phi) is 4.42. The Bertz CT molecular complexity index is 732. The summed E-state index contributed by atoms with van der Waals surface area (Å²) in [6, 6.07) is 10.7. The Morgan fingerprint density at radius 2 is 1.90 bits per heavy atom. The molecule has 0 aromatic heterocycles. The molecule has 1 N–H and O–H groups in total. The van der Waals surface area contributed by atoms with Gasteiger partial charge in [-0.25, -0.2) is 17.5 Å². The maximum absolute atomic E-state index is 13.4. The highest BCUT2D eigenvalue weighted by Gasteiger charge is 2.16. The number of sulfonamides is 1. The van der Waals surface area contributed by atoms with Crippen molar-refractivity contribution in [3.63, 3.8) is 0 Å². The van der Waals surface area contributed by atoms with E-state index in [0.717, 1.165) is 0 Å². The highest BCUT2D eigenvalue weighted by atomic mass is 35.5. The van der Waals surface area contributed by atoms with Crippen molar-refractivity contribution < 1.29 is 12.8 Å². The molecule has 0 amide bonds. The molecule has 6 heteroatoms. The number of rotatable bonds is 4. The van der Waals surface area contributed by atoms with Gasteiger partial charge >= 0.3 is 0 Å². The first-order valence-electron chi connectivity index (χ1n) is 5.89. The average Bonchev–Trinajstić information content (AvgIpc) is 2.40. The summed E-state index contributed by atoms with van der Waals surface area (Å²) in [6.07, 6.45) is 0. The molecule has 0 saturated carbocycles. The molecule has 3 nitrogen and oxygen atoms in total. The van der Waals surface area contributed by atoms with Gasteiger partial charge in [-0.3, -0.25) is 0 Å². The minimum absolute atomic E-state index is 0.00472. The Balaban J connectivity index is 2.17. The van der Waals surface area contributed by atoms with Crippen LogP contribution in [0.2, 0.25) is 5.02 Å². The Labute approximate surface area is 122 Å². The van der Waals surface area contributed by atoms with Crippen molar-refractivity contribution in [2.45, 2.75) is 18.4 Å². The maximum Gasteiger partial charge on any atom is 0.242 e. The van der Waals surface area contributed by atoms with Crippen LogP contribution >= 0.6 is 11.6 Å². The standard InChI is InChI=1S/C14H13ClFNO2S/c1-10-6-7-11(8-13(10)16)9-17-20(18,19)14-5-3-2-4-12(14)15/h2-8,17H,9H2,1H3. The van der Waals surface area contributed by atoms with Crippen LogP contribution in [0.15, 0.2) is 47.4 Å². The third kappa shape index (κ3) is 3.36. The highest BCUT2D eigenvalue weighted by Crippen LogP contribution is 2.20. The fourth-order valence-corrected chi connectivity index (χ4v) is 3.20. The average molecular weight is 314 g/mol. The van der Waals surface area contributed by atoms with Gasteiger partial charge in [0.2, 0.25) is 10.0 Å². The van der Waals surface area contributed by atoms with Gasteiger partial charge in [-0.2, -0.15) is 0 Å². The lowest BCUT2D eigenvalue weighted by atomic mass is 10.1. The van der Waals surface area contributed by atoms with E-state index in [-0.39, 0.29) is 22.3 Å². The molecule has 0 aliphatic heterocycles. The van der Waals surface area contributed by atoms with E-state index in [1.165, 1.54) is 18.2 Å². The van der Waals surface area contributed by atoms with E-state index in [0.29, 0.717) is 11.1 Å². The molecule has 2 aromatic rings. The van der Waals surface area contributed by atoms with E-state index < -0.39 is 10.0 Å². The minimum Gasteiger partial charge on any atom is -0.207 e. The van der Waals surface area contributed by atoms with Crippen molar-refractivity contribution in [3.8, 4) is 0 Å². The summed E-state index contributed by atoms with van der Waals surface area (Å²) in [5, 5.41) is 0.148. The molecule has 0 aliphatic rings. The van der Waals surface area contributed by atoms with E-state index in [9.17, 15) is 12.8 Å². The summed E-state index contributed by atoms with van der Waals surface area (Å²) in [5.41, 5.74) is 1.06. The summed E-state index contributed by atoms with van der Waals surface area (Å²) in [4.78, 5) is 0.00857. The summed E-state index contributed by atoms with van der Waals surface area (Å²) in [5.74, 6) is -0.362. The molecule has 106 valence electrons. The number of benzene rings is 2. The van der Waals surface area contributed by atoms with Gasteiger partial charge < -0.3 is 0 Å². The Morgan fingerprint density at radius 3 is 2.55 bits per heavy atom. The predicted octanol–water partition coefficient (Wildman–Crippen LogP) is 3.27. The fraction of sp³-hybridized carbons (Fsp3) is 0.143. The van der Waals surface area contributed by atoms with E-state index in [1.807, 2.05) is 0 Å². The van der Waals surface area contributed by atoms with Crippen LogP contribution in [-0.4, -0.2) is 8.42 Å². The number of halogens is 2. The van der Waals surface area contributed by atoms with Crippen molar-refractivity contribution in [1.29, 1.82) is 0 Å². The van der Waals surface area contributed by atoms with Gasteiger partial charge in [-0.05, 0) is 36.2 Å². The first kappa shape index (κ1) is 15.0. The monoisotopic (exact) mass is 313 g/mol. The first-order chi connectivity index (χ1) is 9.40. The molecule has 0 radical (unpaired) electrons. The summed E-state index contributed by atoms with van der Waals surface area (Å²) in [6.45, 7) is 1.65. The molecule has 2 rings (SSSR count). The second kappa shape index (κ2) is 5.91. The van der Waals surface area contributed by atoms with Gasteiger partial charge in [0.25, 0.3) is 0 Å². The number of hydrogen-bond acceptors (Lipinski definition) is 2. The molecule has 0 saturated heterocycles. The third-order valence-electron chi connectivity index (χ3n) is 2.83. The number of aryl methyl sites for hydroxylation is 1. The number of hydrogen-bond donors (Lipinski definition) is 1. The summed E-state index contributed by atoms with van der Waals surface area (Å²) in [7, 11) is -3.72. The second-order valence-corrected chi connectivity index (χ2v) is 6.48. The van der Waals surface area contributed by atoms with Gasteiger partial charge in [-0.15, -0.1) is 0 Å². The van der Waals surface area contributed by atoms with Crippen molar-refractivity contribution in [2.24, 2.45) is 0 Å². The highest BCUT2D eigenvalue weighted by molar-refractivity contribution is 7.89. The number of nitrogens with one attached hydrogen (secondary N) is 1. The zero-order valence-corrected chi connectivity index (χ0v) is 12.3. The van der Waals surface area contributed by atoms with Crippen LogP contribution in [0, 0.1) is 12.7 Å². The quantitative estimate of drug-likeness (QED) is 0.941. The second-order valence-electron chi connectivity index (χ2n) is 4.34. The zero-order valence-electron chi connectivity index (χ0n) is 10.7. The van der Waals surface area contributed by atoms with Crippen molar-refractivity contribution in [3.05, 3.63) is 64.4 Å². The molecular weight excluding hydrogens is 301 g/mol. The maximum atomic E-state index is 13.4. The van der Waals surface area contributed by atoms with Gasteiger partial charge in [-0.1, -0.05) is 35.9 Å². The lowest BCUT2D eigenvalue weighted by Gasteiger charge is -2.08. The zero-order chi connectivity index (χ0) is 14.8. The van der Waals surface area contributed by atoms with Crippen LogP contribution in [0.25, 0.3) is 0 Å². The van der Waals surface area contributed by atoms with Gasteiger partial charge in [0.05, 0.1) is 5.02 Å². The molecular formula is C14H13ClFNO2S. The van der Waals surface area contributed by atoms with Crippen LogP contribution in [0.1, 0.15) is 11.1 Å². The van der Waals surface area contributed by atoms with Crippen LogP contribution < -0.4 is 4.72 Å². The molecule has 0 aliphatic carbocycles. The normalized spacial score (nSPS) is 11.6. The summed E-state index contributed by atoms with van der Waals surface area (Å²) < 4.78 is 40.0. The fourth-order valence-electron chi connectivity index (χ4n) is 1.67. The summed E-state index contributed by atoms with van der Waals surface area (Å²) >= 11 is 5.86. The largest absolute Gasteiger partial charge is 0.242 e. The van der Waals surface area contributed by atoms with E-state index in [4.69, 9.17) is 11.6 Å². The first-order valence-corrected chi connectivity index (χ1v) is 7.75. The van der Waals surface area contributed by atoms with Crippen molar-refractivity contribution >= 4 is 21.6 Å². The van der Waals surface area contributed by atoms with E-state index in [2.05, 4.69) is 4.72 Å². The molecule has 0 fully saturated rings. The third-order valence-corrected chi connectivity index (χ3v) is 4.73. The Morgan fingerprint density at radius 1 is 1.20 bits per heavy atom. The van der Waals surface area contributed by atoms with Crippen molar-refractivity contribution in [2.75, 3.05) is 0 Å². The van der Waals surface area contributed by atoms with Crippen LogP contribution in [0.4, 0.5) is 4.39 Å². The molecule has 2 aromatic carbocycles. The molecule has 0 bridgehead atoms. The van der Waals surface area contributed by atoms with Crippen LogP contribution in [-0.2, 0) is 16.6 Å². The predicted molar refractivity (Wildman–Crippen MR) is 76.6 cm³/mol. The molecule has 20 heavy (non-hydrogen) atoms. The van der Waals surface area contributed by atoms with Crippen LogP contribution in [0.3, 0.4) is 0 Å². The smallest absolute Gasteiger partial charge is 0.207 e. The SMILES string of the molecule is Cc1ccc(CNS(=O)(=O)c2ccccc2Cl)cc1F. The van der Waals surface area contributed by atoms with Crippen LogP contribution in [0.5, 0.6) is 0 Å². The lowest BCUT2D eigenvalue weighted by molar-refractivity contribution is 0.580. The Hall–Kier alpha value is -1.43. The topological polar surface area (TPSA) is 46.2 Å². The minimum atomic E-state index is -3.72. The van der Waals surface area contributed by atoms with Gasteiger partial charge in [0.1, 0.15) is 10.7 Å². The van der Waals surface area contributed by atoms with Gasteiger partial charge in [0.15, 0.2) is 0 Å². The lowest BCUT2D eigenvalue weighted by Crippen LogP contribution is -2.23.